The molecule has 102 valence electrons. The number of amides is 2. The molecule has 0 saturated carbocycles. The van der Waals surface area contributed by atoms with Crippen molar-refractivity contribution in [3.8, 4) is 0 Å². The number of carbonyl (C=O) groups excluding carboxylic acids is 2. The van der Waals surface area contributed by atoms with Crippen LogP contribution in [-0.2, 0) is 22.4 Å². The van der Waals surface area contributed by atoms with Gasteiger partial charge >= 0.3 is 51.4 Å². The van der Waals surface area contributed by atoms with Crippen LogP contribution in [0.1, 0.15) is 30.9 Å². The first-order valence-corrected chi connectivity index (χ1v) is 6.47. The Kier molecular flexibility index (Phi) is 6.41. The Hall–Kier alpha value is -0.204. The molecule has 1 atom stereocenters. The molecule has 1 aliphatic rings. The van der Waals surface area contributed by atoms with Gasteiger partial charge < -0.3 is 22.8 Å². The zero-order valence-electron chi connectivity index (χ0n) is 12.1. The quantitative estimate of drug-likeness (QED) is 0.624. The van der Waals surface area contributed by atoms with Crippen LogP contribution in [0.15, 0.2) is 18.2 Å². The molecule has 0 aromatic heterocycles. The van der Waals surface area contributed by atoms with Crippen LogP contribution >= 0.6 is 0 Å². The third-order valence-electron chi connectivity index (χ3n) is 3.51. The molecule has 0 radical (unpaired) electrons. The van der Waals surface area contributed by atoms with Crippen LogP contribution in [-0.4, -0.2) is 11.8 Å². The average molecular weight is 297 g/mol. The number of benzene rings is 1. The van der Waals surface area contributed by atoms with Crippen molar-refractivity contribution in [2.24, 2.45) is 5.41 Å². The molecule has 20 heavy (non-hydrogen) atoms. The van der Waals surface area contributed by atoms with Gasteiger partial charge in [-0.05, 0) is 42.5 Å². The van der Waals surface area contributed by atoms with Gasteiger partial charge in [-0.3, -0.25) is 4.79 Å². The summed E-state index contributed by atoms with van der Waals surface area (Å²) in [4.78, 5) is 22.9. The SMILES string of the molecule is [CH2-]C1(C([NH-])=O)Cc2ccc(NC(=O)CCC)cc2C1.[K+]. The van der Waals surface area contributed by atoms with Crippen molar-refractivity contribution >= 4 is 17.5 Å². The van der Waals surface area contributed by atoms with Gasteiger partial charge in [0, 0.05) is 18.0 Å². The molecule has 0 heterocycles. The normalized spacial score (nSPS) is 19.9. The van der Waals surface area contributed by atoms with Crippen molar-refractivity contribution in [3.63, 3.8) is 0 Å². The maximum Gasteiger partial charge on any atom is 1.00 e. The Labute approximate surface area is 162 Å². The summed E-state index contributed by atoms with van der Waals surface area (Å²) in [6.45, 7) is 5.84. The van der Waals surface area contributed by atoms with Gasteiger partial charge in [-0.2, -0.15) is 0 Å². The van der Waals surface area contributed by atoms with E-state index in [1.54, 1.807) is 0 Å². The first kappa shape index (κ1) is 17.8. The van der Waals surface area contributed by atoms with E-state index in [4.69, 9.17) is 5.73 Å². The molecule has 4 nitrogen and oxygen atoms in total. The van der Waals surface area contributed by atoms with Gasteiger partial charge in [-0.1, -0.05) is 13.0 Å². The second kappa shape index (κ2) is 7.18. The zero-order chi connectivity index (χ0) is 14.0. The van der Waals surface area contributed by atoms with E-state index in [1.165, 1.54) is 0 Å². The van der Waals surface area contributed by atoms with Crippen LogP contribution in [0.4, 0.5) is 5.69 Å². The number of hydrogen-bond acceptors (Lipinski definition) is 2. The van der Waals surface area contributed by atoms with E-state index < -0.39 is 11.3 Å². The maximum atomic E-state index is 11.5. The molecule has 2 amide bonds. The summed E-state index contributed by atoms with van der Waals surface area (Å²) in [5.74, 6) is -0.627. The second-order valence-corrected chi connectivity index (χ2v) is 5.24. The Bertz CT molecular complexity index is 531. The van der Waals surface area contributed by atoms with Gasteiger partial charge in [-0.25, -0.2) is 0 Å². The summed E-state index contributed by atoms with van der Waals surface area (Å²) in [5.41, 5.74) is 9.24. The third-order valence-corrected chi connectivity index (χ3v) is 3.51. The minimum absolute atomic E-state index is 0. The summed E-state index contributed by atoms with van der Waals surface area (Å²) >= 11 is 0. The van der Waals surface area contributed by atoms with Gasteiger partial charge in [0.1, 0.15) is 0 Å². The molecule has 1 unspecified atom stereocenters. The Morgan fingerprint density at radius 2 is 2.00 bits per heavy atom. The van der Waals surface area contributed by atoms with Gasteiger partial charge in [0.2, 0.25) is 5.91 Å². The van der Waals surface area contributed by atoms with Gasteiger partial charge in [0.05, 0.1) is 0 Å². The molecule has 1 aliphatic carbocycles. The largest absolute Gasteiger partial charge is 1.00 e. The smallest absolute Gasteiger partial charge is 0.670 e. The third kappa shape index (κ3) is 3.92. The van der Waals surface area contributed by atoms with E-state index in [-0.39, 0.29) is 57.3 Å². The topological polar surface area (TPSA) is 70.0 Å². The van der Waals surface area contributed by atoms with E-state index in [1.807, 2.05) is 25.1 Å². The fourth-order valence-corrected chi connectivity index (χ4v) is 2.44. The summed E-state index contributed by atoms with van der Waals surface area (Å²) in [5, 5.41) is 2.84. The van der Waals surface area contributed by atoms with Crippen LogP contribution in [0, 0.1) is 12.3 Å². The fraction of sp³-hybridized carbons (Fsp3) is 0.400. The predicted molar refractivity (Wildman–Crippen MR) is 74.5 cm³/mol. The Morgan fingerprint density at radius 1 is 1.35 bits per heavy atom. The van der Waals surface area contributed by atoms with Gasteiger partial charge in [0.15, 0.2) is 0 Å². The van der Waals surface area contributed by atoms with Crippen LogP contribution in [0.5, 0.6) is 0 Å². The Morgan fingerprint density at radius 3 is 2.60 bits per heavy atom. The number of anilines is 1. The molecular weight excluding hydrogens is 279 g/mol. The average Bonchev–Trinajstić information content (AvgIpc) is 2.66. The van der Waals surface area contributed by atoms with E-state index in [0.29, 0.717) is 19.3 Å². The summed E-state index contributed by atoms with van der Waals surface area (Å²) in [6.07, 6.45) is 2.30. The minimum Gasteiger partial charge on any atom is -0.670 e. The maximum absolute atomic E-state index is 11.5. The molecule has 0 spiro atoms. The first-order chi connectivity index (χ1) is 8.94. The van der Waals surface area contributed by atoms with Crippen LogP contribution < -0.4 is 56.7 Å². The van der Waals surface area contributed by atoms with Crippen LogP contribution in [0.2, 0.25) is 0 Å². The molecule has 0 saturated heterocycles. The standard InChI is InChI=1S/C15H19N2O2.K/c1-3-4-13(18)17-12-6-5-10-8-15(2,14(16)19)9-11(10)7-12;/h5-7H,2-4,8-9H2,1H3,(H3,16,17,18,19);/q-1;+1/p-1. The van der Waals surface area contributed by atoms with E-state index in [2.05, 4.69) is 12.2 Å². The van der Waals surface area contributed by atoms with E-state index >= 15 is 0 Å². The summed E-state index contributed by atoms with van der Waals surface area (Å²) in [6, 6.07) is 5.64. The van der Waals surface area contributed by atoms with Crippen molar-refractivity contribution in [3.05, 3.63) is 42.0 Å². The zero-order valence-corrected chi connectivity index (χ0v) is 15.2. The number of carbonyl (C=O) groups is 2. The molecule has 2 N–H and O–H groups in total. The molecule has 1 aromatic rings. The molecule has 2 rings (SSSR count). The molecular formula is C15H18KN2O2-. The molecule has 0 aliphatic heterocycles. The van der Waals surface area contributed by atoms with Crippen molar-refractivity contribution in [2.45, 2.75) is 32.6 Å². The Balaban J connectivity index is 0.00000200. The molecule has 0 bridgehead atoms. The molecule has 5 heteroatoms. The fourth-order valence-electron chi connectivity index (χ4n) is 2.44. The number of rotatable bonds is 4. The van der Waals surface area contributed by atoms with E-state index in [0.717, 1.165) is 23.2 Å². The number of fused-ring (bicyclic) bond motifs is 1. The minimum atomic E-state index is -0.853. The van der Waals surface area contributed by atoms with Crippen molar-refractivity contribution < 1.29 is 61.0 Å². The molecule has 1 aromatic carbocycles. The van der Waals surface area contributed by atoms with Crippen LogP contribution in [0.25, 0.3) is 5.73 Å². The monoisotopic (exact) mass is 297 g/mol. The van der Waals surface area contributed by atoms with Gasteiger partial charge in [-0.15, -0.1) is 5.41 Å². The summed E-state index contributed by atoms with van der Waals surface area (Å²) in [7, 11) is 0. The van der Waals surface area contributed by atoms with Crippen molar-refractivity contribution in [1.29, 1.82) is 0 Å². The van der Waals surface area contributed by atoms with E-state index in [9.17, 15) is 9.59 Å². The van der Waals surface area contributed by atoms with Crippen molar-refractivity contribution in [1.82, 2.24) is 0 Å². The van der Waals surface area contributed by atoms with Gasteiger partial charge in [0.25, 0.3) is 0 Å². The second-order valence-electron chi connectivity index (χ2n) is 5.24. The van der Waals surface area contributed by atoms with Crippen LogP contribution in [0.3, 0.4) is 0 Å². The number of nitrogens with one attached hydrogen (secondary N) is 2. The molecule has 0 fully saturated rings. The predicted octanol–water partition coefficient (Wildman–Crippen LogP) is -0.0729. The summed E-state index contributed by atoms with van der Waals surface area (Å²) < 4.78 is 0. The van der Waals surface area contributed by atoms with Crippen molar-refractivity contribution in [2.75, 3.05) is 5.32 Å². The first-order valence-electron chi connectivity index (χ1n) is 6.47. The number of hydrogen-bond donors (Lipinski definition) is 1.